The topological polar surface area (TPSA) is 141 Å². The number of amides is 1. The third kappa shape index (κ3) is 6.35. The van der Waals surface area contributed by atoms with Gasteiger partial charge in [-0.2, -0.15) is 13.9 Å². The Hall–Kier alpha value is -3.43. The van der Waals surface area contributed by atoms with Gasteiger partial charge in [-0.3, -0.25) is 23.8 Å². The Balaban J connectivity index is 1.70. The first-order valence-electron chi connectivity index (χ1n) is 13.1. The van der Waals surface area contributed by atoms with E-state index in [0.29, 0.717) is 10.8 Å². The number of hydrogen-bond donors (Lipinski definition) is 2. The van der Waals surface area contributed by atoms with Gasteiger partial charge in [0.2, 0.25) is 17.3 Å². The number of ketones is 1. The van der Waals surface area contributed by atoms with E-state index in [1.54, 1.807) is 30.3 Å². The fourth-order valence-electron chi connectivity index (χ4n) is 4.48. The van der Waals surface area contributed by atoms with E-state index >= 15 is 8.78 Å². The van der Waals surface area contributed by atoms with Crippen LogP contribution in [0.4, 0.5) is 22.0 Å². The lowest BCUT2D eigenvalue weighted by atomic mass is 9.95. The summed E-state index contributed by atoms with van der Waals surface area (Å²) < 4.78 is 109. The molecule has 2 N–H and O–H groups in total. The van der Waals surface area contributed by atoms with Crippen LogP contribution in [0.3, 0.4) is 0 Å². The molecule has 2 aromatic carbocycles. The van der Waals surface area contributed by atoms with Crippen molar-refractivity contribution in [3.8, 4) is 5.75 Å². The third-order valence-electron chi connectivity index (χ3n) is 6.76. The van der Waals surface area contributed by atoms with E-state index in [9.17, 15) is 37.2 Å². The molecule has 0 aromatic heterocycles. The number of ether oxygens (including phenoxy) is 2. The summed E-state index contributed by atoms with van der Waals surface area (Å²) in [7, 11) is -5.07. The molecule has 0 saturated carbocycles. The van der Waals surface area contributed by atoms with Crippen molar-refractivity contribution < 1.29 is 64.5 Å². The van der Waals surface area contributed by atoms with Crippen molar-refractivity contribution >= 4 is 36.2 Å². The fourth-order valence-corrected chi connectivity index (χ4v) is 6.02. The average Bonchev–Trinajstić information content (AvgIpc) is 3.15. The summed E-state index contributed by atoms with van der Waals surface area (Å²) in [6.45, 7) is 2.27. The molecule has 0 spiro atoms. The summed E-state index contributed by atoms with van der Waals surface area (Å²) in [5, 5.41) is 13.5. The Morgan fingerprint density at radius 3 is 2.48 bits per heavy atom. The number of esters is 1. The van der Waals surface area contributed by atoms with Crippen LogP contribution in [0.15, 0.2) is 54.5 Å². The average molecular weight is 650 g/mol. The lowest BCUT2D eigenvalue weighted by molar-refractivity contribution is -0.243. The molecule has 0 aliphatic carbocycles. The number of halogens is 5. The molecule has 2 heterocycles. The molecule has 0 bridgehead atoms. The zero-order valence-corrected chi connectivity index (χ0v) is 24.3. The van der Waals surface area contributed by atoms with E-state index in [1.807, 2.05) is 0 Å². The predicted octanol–water partition coefficient (Wildman–Crippen LogP) is 4.24. The number of nitrogens with zero attached hydrogens (tertiary/aromatic N) is 1. The molecule has 240 valence electrons. The van der Waals surface area contributed by atoms with Gasteiger partial charge in [0.05, 0.1) is 19.1 Å². The number of rotatable bonds is 11. The zero-order chi connectivity index (χ0) is 32.6. The van der Waals surface area contributed by atoms with Gasteiger partial charge in [-0.05, 0) is 32.2 Å². The molecule has 1 saturated heterocycles. The smallest absolute Gasteiger partial charge is 0.459 e. The highest BCUT2D eigenvalue weighted by molar-refractivity contribution is 7.52. The number of fused-ring (bicyclic) bond motifs is 1. The minimum absolute atomic E-state index is 0.0634. The molecule has 0 radical (unpaired) electrons. The van der Waals surface area contributed by atoms with Gasteiger partial charge in [-0.1, -0.05) is 36.4 Å². The summed E-state index contributed by atoms with van der Waals surface area (Å²) in [5.41, 5.74) is -4.08. The third-order valence-corrected chi connectivity index (χ3v) is 8.37. The number of carbonyl (C=O) groups excluding carboxylic acids is 3. The van der Waals surface area contributed by atoms with Crippen LogP contribution in [0.1, 0.15) is 27.2 Å². The summed E-state index contributed by atoms with van der Waals surface area (Å²) in [5.74, 6) is -10.2. The molecular formula is C27H28F5N2O9P. The molecule has 5 atom stereocenters. The minimum atomic E-state index is -5.07. The van der Waals surface area contributed by atoms with Crippen LogP contribution < -0.4 is 9.61 Å². The number of aliphatic hydroxyl groups excluding tert-OH is 1. The standard InChI is InChI=1S/C27H28F5N2O9P/c1-14(2)41-24(38)15(3)33-44(39,43-20-10-6-8-16-7-4-5-9-17(16)20)40-13-26(25(29)30)27(31,32)22(37)23(42-26)34-12-18(28)19(35)11-21(34)36/h4-10,12,14-15,22-23,25,37H,11,13H2,1-3H3,(H,33,39)/t15-,22-,23+,26-,44?/m0/s1. The van der Waals surface area contributed by atoms with Crippen LogP contribution in [0.2, 0.25) is 0 Å². The fraction of sp³-hybridized carbons (Fsp3) is 0.444. The molecule has 44 heavy (non-hydrogen) atoms. The number of nitrogens with one attached hydrogen (secondary N) is 1. The van der Waals surface area contributed by atoms with Gasteiger partial charge in [0.1, 0.15) is 11.8 Å². The largest absolute Gasteiger partial charge is 0.462 e. The minimum Gasteiger partial charge on any atom is -0.462 e. The Morgan fingerprint density at radius 1 is 1.16 bits per heavy atom. The van der Waals surface area contributed by atoms with E-state index in [0.717, 1.165) is 0 Å². The van der Waals surface area contributed by atoms with Crippen LogP contribution in [0.25, 0.3) is 10.8 Å². The van der Waals surface area contributed by atoms with Crippen molar-refractivity contribution in [3.05, 3.63) is 54.5 Å². The van der Waals surface area contributed by atoms with Crippen molar-refractivity contribution in [1.29, 1.82) is 0 Å². The van der Waals surface area contributed by atoms with Gasteiger partial charge in [0, 0.05) is 11.6 Å². The number of benzene rings is 2. The first-order chi connectivity index (χ1) is 20.5. The van der Waals surface area contributed by atoms with Gasteiger partial charge in [0.25, 0.3) is 6.43 Å². The molecule has 1 unspecified atom stereocenters. The maximum Gasteiger partial charge on any atom is 0.459 e. The summed E-state index contributed by atoms with van der Waals surface area (Å²) in [6.07, 6.45) is -11.5. The Labute approximate surface area is 247 Å². The summed E-state index contributed by atoms with van der Waals surface area (Å²) in [6, 6.07) is 9.49. The number of carbonyl (C=O) groups is 3. The second-order valence-electron chi connectivity index (χ2n) is 10.3. The van der Waals surface area contributed by atoms with Gasteiger partial charge >= 0.3 is 19.6 Å². The first-order valence-corrected chi connectivity index (χ1v) is 14.7. The first kappa shape index (κ1) is 33.5. The molecule has 4 rings (SSSR count). The van der Waals surface area contributed by atoms with Crippen molar-refractivity contribution in [2.45, 2.75) is 69.6 Å². The molecule has 17 heteroatoms. The number of alkyl halides is 4. The Morgan fingerprint density at radius 2 is 1.82 bits per heavy atom. The molecule has 2 aliphatic rings. The monoisotopic (exact) mass is 650 g/mol. The van der Waals surface area contributed by atoms with Gasteiger partial charge in [-0.15, -0.1) is 0 Å². The van der Waals surface area contributed by atoms with E-state index < -0.39 is 86.7 Å². The number of hydrogen-bond acceptors (Lipinski definition) is 9. The van der Waals surface area contributed by atoms with E-state index in [1.165, 1.54) is 32.9 Å². The van der Waals surface area contributed by atoms with Crippen molar-refractivity contribution in [3.63, 3.8) is 0 Å². The molecule has 11 nitrogen and oxygen atoms in total. The van der Waals surface area contributed by atoms with Gasteiger partial charge in [-0.25, -0.2) is 17.7 Å². The van der Waals surface area contributed by atoms with E-state index in [2.05, 4.69) is 5.09 Å². The predicted molar refractivity (Wildman–Crippen MR) is 142 cm³/mol. The van der Waals surface area contributed by atoms with Gasteiger partial charge < -0.3 is 19.1 Å². The highest BCUT2D eigenvalue weighted by Gasteiger charge is 2.74. The van der Waals surface area contributed by atoms with E-state index in [4.69, 9.17) is 18.5 Å². The van der Waals surface area contributed by atoms with Crippen LogP contribution in [-0.2, 0) is 32.9 Å². The highest BCUT2D eigenvalue weighted by Crippen LogP contribution is 2.53. The van der Waals surface area contributed by atoms with Crippen molar-refractivity contribution in [2.24, 2.45) is 0 Å². The SMILES string of the molecule is CC(C)OC(=O)[C@H](C)NP(=O)(OC[C@@]1(C(F)F)O[C@@H](N2C=C(F)C(=O)CC2=O)[C@H](O)C1(F)F)Oc1cccc2ccccc12. The molecule has 2 aliphatic heterocycles. The molecule has 2 aromatic rings. The number of aliphatic hydroxyl groups is 1. The second-order valence-corrected chi connectivity index (χ2v) is 12.0. The lowest BCUT2D eigenvalue weighted by Crippen LogP contribution is -2.57. The normalized spacial score (nSPS) is 25.7. The van der Waals surface area contributed by atoms with Crippen molar-refractivity contribution in [2.75, 3.05) is 6.61 Å². The maximum absolute atomic E-state index is 15.5. The summed E-state index contributed by atoms with van der Waals surface area (Å²) >= 11 is 0. The maximum atomic E-state index is 15.5. The summed E-state index contributed by atoms with van der Waals surface area (Å²) in [4.78, 5) is 36.3. The highest BCUT2D eigenvalue weighted by atomic mass is 31.2. The van der Waals surface area contributed by atoms with Crippen LogP contribution in [0.5, 0.6) is 5.75 Å². The van der Waals surface area contributed by atoms with Gasteiger partial charge in [0.15, 0.2) is 18.2 Å². The number of allylic oxidation sites excluding steroid dienone is 1. The quantitative estimate of drug-likeness (QED) is 0.157. The van der Waals surface area contributed by atoms with Crippen LogP contribution in [0, 0.1) is 0 Å². The van der Waals surface area contributed by atoms with Crippen LogP contribution in [-0.4, -0.2) is 76.7 Å². The van der Waals surface area contributed by atoms with Crippen LogP contribution >= 0.6 is 7.75 Å². The molecule has 1 amide bonds. The van der Waals surface area contributed by atoms with E-state index in [-0.39, 0.29) is 16.8 Å². The molecular weight excluding hydrogens is 622 g/mol. The molecule has 1 fully saturated rings. The second kappa shape index (κ2) is 12.5. The zero-order valence-electron chi connectivity index (χ0n) is 23.4. The Kier molecular flexibility index (Phi) is 9.52. The number of Topliss-reactive ketones (excluding diaryl/α,β-unsaturated/α-hetero) is 1. The Bertz CT molecular complexity index is 1520. The lowest BCUT2D eigenvalue weighted by Gasteiger charge is -2.34. The van der Waals surface area contributed by atoms with Crippen molar-refractivity contribution in [1.82, 2.24) is 9.99 Å².